The molecular weight excluding hydrogens is 484 g/mol. The normalized spacial score (nSPS) is 17.7. The molecule has 0 saturated heterocycles. The van der Waals surface area contributed by atoms with Crippen LogP contribution in [0.3, 0.4) is 0 Å². The highest BCUT2D eigenvalue weighted by Gasteiger charge is 2.53. The van der Waals surface area contributed by atoms with Gasteiger partial charge in [0.05, 0.1) is 14.0 Å². The molecule has 2 aromatic rings. The molecule has 6 nitrogen and oxygen atoms in total. The van der Waals surface area contributed by atoms with Gasteiger partial charge in [-0.15, -0.1) is 0 Å². The number of hydrogen-bond donors (Lipinski definition) is 1. The predicted octanol–water partition coefficient (Wildman–Crippen LogP) is 4.49. The summed E-state index contributed by atoms with van der Waals surface area (Å²) in [5, 5.41) is 0. The number of benzene rings is 1. The zero-order valence-corrected chi connectivity index (χ0v) is 17.3. The van der Waals surface area contributed by atoms with Gasteiger partial charge in [-0.2, -0.15) is 17.6 Å². The Hall–Kier alpha value is -2.92. The van der Waals surface area contributed by atoms with E-state index in [1.165, 1.54) is 6.33 Å². The van der Waals surface area contributed by atoms with Crippen LogP contribution in [0.2, 0.25) is 0 Å². The number of hydrogen-bond acceptors (Lipinski definition) is 5. The Morgan fingerprint density at radius 1 is 1.25 bits per heavy atom. The molecule has 1 aliphatic carbocycles. The molecule has 1 heterocycles. The lowest BCUT2D eigenvalue weighted by Crippen LogP contribution is -2.39. The first-order valence-corrected chi connectivity index (χ1v) is 9.11. The fourth-order valence-electron chi connectivity index (χ4n) is 2.40. The van der Waals surface area contributed by atoms with Crippen molar-refractivity contribution in [1.82, 2.24) is 9.97 Å². The summed E-state index contributed by atoms with van der Waals surface area (Å²) in [7, 11) is -0.841. The van der Waals surface area contributed by atoms with E-state index in [-0.39, 0.29) is 0 Å². The van der Waals surface area contributed by atoms with Gasteiger partial charge < -0.3 is 15.2 Å². The van der Waals surface area contributed by atoms with Crippen LogP contribution in [-0.2, 0) is 4.79 Å². The standard InChI is InChI=1S/C15H10Cl2F5NO3.C4H4N2/c1-25-12-8(3-2-7(18)11(12)19)26-9-4-10(15(20,21)22)14(16,17)5-6(9)13(23)24;1-2-5-4-6-3-1/h2-5,10H,1H3,(H2,23,24);1-4H/i1D;. The molecule has 3 rings (SSSR count). The van der Waals surface area contributed by atoms with E-state index in [1.807, 2.05) is 0 Å². The predicted molar refractivity (Wildman–Crippen MR) is 105 cm³/mol. The lowest BCUT2D eigenvalue weighted by molar-refractivity contribution is -0.162. The van der Waals surface area contributed by atoms with Gasteiger partial charge in [-0.1, -0.05) is 23.2 Å². The summed E-state index contributed by atoms with van der Waals surface area (Å²) in [5.41, 5.74) is 4.51. The van der Waals surface area contributed by atoms with Crippen LogP contribution in [0.25, 0.3) is 0 Å². The van der Waals surface area contributed by atoms with Crippen LogP contribution in [0.4, 0.5) is 22.0 Å². The second-order valence-electron chi connectivity index (χ2n) is 5.99. The largest absolute Gasteiger partial charge is 0.490 e. The van der Waals surface area contributed by atoms with E-state index < -0.39 is 63.9 Å². The van der Waals surface area contributed by atoms with Gasteiger partial charge in [-0.25, -0.2) is 14.4 Å². The molecule has 1 amide bonds. The molecule has 1 aromatic carbocycles. The Morgan fingerprint density at radius 2 is 1.91 bits per heavy atom. The molecule has 1 unspecified atom stereocenters. The Bertz CT molecular complexity index is 1030. The molecule has 13 heteroatoms. The summed E-state index contributed by atoms with van der Waals surface area (Å²) in [6.45, 7) is 0. The highest BCUT2D eigenvalue weighted by Crippen LogP contribution is 2.48. The fraction of sp³-hybridized carbons (Fsp3) is 0.211. The van der Waals surface area contributed by atoms with Gasteiger partial charge in [-0.3, -0.25) is 4.79 Å². The first-order chi connectivity index (χ1) is 15.4. The van der Waals surface area contributed by atoms with Crippen molar-refractivity contribution in [1.29, 1.82) is 0 Å². The molecule has 0 bridgehead atoms. The van der Waals surface area contributed by atoms with Crippen molar-refractivity contribution in [3.8, 4) is 11.5 Å². The van der Waals surface area contributed by atoms with E-state index in [0.717, 1.165) is 6.07 Å². The van der Waals surface area contributed by atoms with Gasteiger partial charge in [0.25, 0.3) is 5.91 Å². The number of halogens is 7. The van der Waals surface area contributed by atoms with Gasteiger partial charge in [0, 0.05) is 12.4 Å². The van der Waals surface area contributed by atoms with Crippen LogP contribution in [0.5, 0.6) is 11.5 Å². The molecule has 0 fully saturated rings. The molecule has 0 radical (unpaired) electrons. The number of methoxy groups -OCH3 is 1. The Labute approximate surface area is 189 Å². The highest BCUT2D eigenvalue weighted by molar-refractivity contribution is 6.50. The van der Waals surface area contributed by atoms with E-state index in [2.05, 4.69) is 14.7 Å². The molecule has 0 aliphatic heterocycles. The number of alkyl halides is 5. The minimum Gasteiger partial charge on any atom is -0.490 e. The van der Waals surface area contributed by atoms with E-state index in [1.54, 1.807) is 18.5 Å². The third-order valence-electron chi connectivity index (χ3n) is 3.81. The maximum Gasteiger partial charge on any atom is 0.398 e. The number of rotatable bonds is 4. The second-order valence-corrected chi connectivity index (χ2v) is 7.43. The third kappa shape index (κ3) is 6.07. The van der Waals surface area contributed by atoms with E-state index >= 15 is 0 Å². The maximum atomic E-state index is 13.8. The molecule has 1 atom stereocenters. The zero-order chi connectivity index (χ0) is 24.8. The number of ether oxygens (including phenoxy) is 2. The summed E-state index contributed by atoms with van der Waals surface area (Å²) < 4.78 is 81.0. The molecule has 0 saturated carbocycles. The number of carbonyl (C=O) groups is 1. The smallest absolute Gasteiger partial charge is 0.398 e. The molecule has 2 N–H and O–H groups in total. The molecule has 1 aliphatic rings. The van der Waals surface area contributed by atoms with Crippen molar-refractivity contribution >= 4 is 29.1 Å². The van der Waals surface area contributed by atoms with Crippen molar-refractivity contribution in [2.45, 2.75) is 10.5 Å². The Kier molecular flexibility index (Phi) is 7.52. The van der Waals surface area contributed by atoms with Crippen molar-refractivity contribution in [3.05, 3.63) is 72.0 Å². The molecular formula is C19H14Cl2F5N3O3. The molecule has 1 aromatic heterocycles. The first kappa shape index (κ1) is 23.7. The van der Waals surface area contributed by atoms with E-state index in [4.69, 9.17) is 35.0 Å². The van der Waals surface area contributed by atoms with Crippen molar-refractivity contribution in [3.63, 3.8) is 0 Å². The fourth-order valence-corrected chi connectivity index (χ4v) is 2.99. The number of nitrogens with zero attached hydrogens (tertiary/aromatic N) is 2. The topological polar surface area (TPSA) is 87.3 Å². The van der Waals surface area contributed by atoms with Crippen LogP contribution in [0, 0.1) is 17.6 Å². The van der Waals surface area contributed by atoms with Gasteiger partial charge >= 0.3 is 6.18 Å². The molecule has 172 valence electrons. The number of allylic oxidation sites excluding steroid dienone is 2. The number of amides is 1. The molecule has 0 spiro atoms. The third-order valence-corrected chi connectivity index (χ3v) is 4.50. The number of nitrogens with two attached hydrogens (primary N) is 1. The van der Waals surface area contributed by atoms with Gasteiger partial charge in [0.1, 0.15) is 18.0 Å². The maximum absolute atomic E-state index is 13.8. The minimum absolute atomic E-state index is 0.395. The SMILES string of the molecule is [2H]COc1c(OC2=CC(C(F)(F)F)C(Cl)(Cl)C=C2C(N)=O)ccc(F)c1F.c1cncnc1. The number of carbonyl (C=O) groups excluding carboxylic acids is 1. The van der Waals surface area contributed by atoms with E-state index in [9.17, 15) is 26.7 Å². The zero-order valence-electron chi connectivity index (χ0n) is 16.7. The summed E-state index contributed by atoms with van der Waals surface area (Å²) in [6, 6.07) is 3.24. The van der Waals surface area contributed by atoms with Crippen LogP contribution < -0.4 is 15.2 Å². The van der Waals surface area contributed by atoms with Gasteiger partial charge in [0.2, 0.25) is 11.6 Å². The summed E-state index contributed by atoms with van der Waals surface area (Å²) in [6.07, 6.45) is 0.898. The van der Waals surface area contributed by atoms with Crippen LogP contribution in [0.15, 0.2) is 60.4 Å². The minimum atomic E-state index is -4.92. The molecule has 32 heavy (non-hydrogen) atoms. The average molecular weight is 499 g/mol. The Morgan fingerprint density at radius 3 is 2.38 bits per heavy atom. The van der Waals surface area contributed by atoms with Gasteiger partial charge in [0.15, 0.2) is 15.9 Å². The monoisotopic (exact) mass is 498 g/mol. The van der Waals surface area contributed by atoms with E-state index in [0.29, 0.717) is 18.2 Å². The van der Waals surface area contributed by atoms with Crippen LogP contribution in [-0.4, -0.2) is 33.5 Å². The lowest BCUT2D eigenvalue weighted by atomic mass is 9.93. The van der Waals surface area contributed by atoms with Gasteiger partial charge in [-0.05, 0) is 30.4 Å². The lowest BCUT2D eigenvalue weighted by Gasteiger charge is -2.31. The number of primary amides is 1. The van der Waals surface area contributed by atoms with Crippen LogP contribution >= 0.6 is 23.2 Å². The average Bonchev–Trinajstić information content (AvgIpc) is 2.74. The quantitative estimate of drug-likeness (QED) is 0.495. The van der Waals surface area contributed by atoms with Crippen molar-refractivity contribution < 1.29 is 37.6 Å². The number of aromatic nitrogens is 2. The van der Waals surface area contributed by atoms with Crippen molar-refractivity contribution in [2.75, 3.05) is 7.09 Å². The summed E-state index contributed by atoms with van der Waals surface area (Å²) in [5.74, 6) is -8.78. The summed E-state index contributed by atoms with van der Waals surface area (Å²) in [4.78, 5) is 18.9. The highest BCUT2D eigenvalue weighted by atomic mass is 35.5. The Balaban J connectivity index is 0.000000554. The van der Waals surface area contributed by atoms with Crippen molar-refractivity contribution in [2.24, 2.45) is 11.7 Å². The van der Waals surface area contributed by atoms with Crippen LogP contribution in [0.1, 0.15) is 1.37 Å². The summed E-state index contributed by atoms with van der Waals surface area (Å²) >= 11 is 11.3. The first-order valence-electron chi connectivity index (χ1n) is 9.06. The second kappa shape index (κ2) is 10.1.